The highest BCUT2D eigenvalue weighted by molar-refractivity contribution is 6.74. The van der Waals surface area contributed by atoms with Crippen LogP contribution in [0, 0.1) is 11.3 Å². The quantitative estimate of drug-likeness (QED) is 0.607. The van der Waals surface area contributed by atoms with Gasteiger partial charge in [-0.25, -0.2) is 4.98 Å². The Morgan fingerprint density at radius 2 is 2.03 bits per heavy atom. The molecule has 2 aliphatic rings. The van der Waals surface area contributed by atoms with E-state index in [-0.39, 0.29) is 29.1 Å². The van der Waals surface area contributed by atoms with E-state index in [9.17, 15) is 4.79 Å². The minimum Gasteiger partial charge on any atom is -0.410 e. The van der Waals surface area contributed by atoms with Gasteiger partial charge in [-0.1, -0.05) is 20.8 Å². The molecule has 4 atom stereocenters. The van der Waals surface area contributed by atoms with Crippen molar-refractivity contribution in [2.45, 2.75) is 83.0 Å². The molecule has 3 heterocycles. The van der Waals surface area contributed by atoms with E-state index in [1.165, 1.54) is 0 Å². The lowest BCUT2D eigenvalue weighted by atomic mass is 10.00. The van der Waals surface area contributed by atoms with Crippen LogP contribution >= 0.6 is 0 Å². The number of likely N-dealkylation sites (tertiary alicyclic amines) is 1. The van der Waals surface area contributed by atoms with E-state index in [1.807, 2.05) is 17.9 Å². The Balaban J connectivity index is 1.80. The molecule has 0 aromatic carbocycles. The second kappa shape index (κ2) is 10.1. The highest BCUT2D eigenvalue weighted by atomic mass is 28.4. The minimum absolute atomic E-state index is 0.00477. The topological polar surface area (TPSA) is 105 Å². The molecule has 1 aromatic heterocycles. The van der Waals surface area contributed by atoms with Crippen molar-refractivity contribution in [2.24, 2.45) is 5.73 Å². The maximum atomic E-state index is 13.2. The smallest absolute Gasteiger partial charge is 0.252 e. The third-order valence-electron chi connectivity index (χ3n) is 7.13. The molecule has 33 heavy (non-hydrogen) atoms. The number of amides is 1. The van der Waals surface area contributed by atoms with Gasteiger partial charge in [0.25, 0.3) is 5.91 Å². The zero-order valence-electron chi connectivity index (χ0n) is 20.9. The number of rotatable bonds is 7. The van der Waals surface area contributed by atoms with Crippen LogP contribution in [0.15, 0.2) is 18.3 Å². The van der Waals surface area contributed by atoms with Gasteiger partial charge in [0.05, 0.1) is 24.3 Å². The van der Waals surface area contributed by atoms with E-state index in [1.54, 1.807) is 12.3 Å². The summed E-state index contributed by atoms with van der Waals surface area (Å²) in [6.07, 6.45) is 2.56. The monoisotopic (exact) mass is 473 g/mol. The molecule has 8 nitrogen and oxygen atoms in total. The Hall–Kier alpha value is -1.99. The van der Waals surface area contributed by atoms with Crippen molar-refractivity contribution in [1.29, 1.82) is 5.26 Å². The molecular weight excluding hydrogens is 434 g/mol. The number of pyridine rings is 1. The van der Waals surface area contributed by atoms with E-state index < -0.39 is 14.4 Å². The summed E-state index contributed by atoms with van der Waals surface area (Å²) in [4.78, 5) is 21.9. The molecule has 2 saturated heterocycles. The fraction of sp³-hybridized carbons (Fsp3) is 0.708. The number of piperidine rings is 1. The third kappa shape index (κ3) is 5.93. The summed E-state index contributed by atoms with van der Waals surface area (Å²) in [5, 5.41) is 9.14. The molecule has 0 radical (unpaired) electrons. The van der Waals surface area contributed by atoms with Crippen molar-refractivity contribution in [2.75, 3.05) is 31.1 Å². The van der Waals surface area contributed by atoms with Gasteiger partial charge in [0.1, 0.15) is 18.0 Å². The molecule has 0 spiro atoms. The Morgan fingerprint density at radius 3 is 2.61 bits per heavy atom. The molecule has 182 valence electrons. The lowest BCUT2D eigenvalue weighted by Crippen LogP contribution is -2.60. The van der Waals surface area contributed by atoms with Gasteiger partial charge < -0.3 is 24.7 Å². The van der Waals surface area contributed by atoms with Crippen LogP contribution in [0.4, 0.5) is 5.82 Å². The van der Waals surface area contributed by atoms with E-state index in [0.29, 0.717) is 31.7 Å². The Kier molecular flexibility index (Phi) is 7.84. The first-order valence-electron chi connectivity index (χ1n) is 11.9. The van der Waals surface area contributed by atoms with Crippen molar-refractivity contribution >= 4 is 20.0 Å². The number of nitrogens with two attached hydrogens (primary N) is 1. The molecule has 2 aliphatic heterocycles. The molecule has 1 unspecified atom stereocenters. The van der Waals surface area contributed by atoms with E-state index >= 15 is 0 Å². The van der Waals surface area contributed by atoms with Gasteiger partial charge in [0.2, 0.25) is 0 Å². The first-order valence-corrected chi connectivity index (χ1v) is 14.8. The van der Waals surface area contributed by atoms with Crippen LogP contribution in [-0.4, -0.2) is 74.6 Å². The number of ether oxygens (including phenoxy) is 1. The first-order chi connectivity index (χ1) is 15.4. The predicted octanol–water partition coefficient (Wildman–Crippen LogP) is 2.89. The molecule has 9 heteroatoms. The van der Waals surface area contributed by atoms with Crippen LogP contribution in [0.25, 0.3) is 0 Å². The van der Waals surface area contributed by atoms with Crippen LogP contribution < -0.4 is 10.6 Å². The van der Waals surface area contributed by atoms with Gasteiger partial charge in [-0.3, -0.25) is 4.79 Å². The zero-order chi connectivity index (χ0) is 24.4. The van der Waals surface area contributed by atoms with Crippen LogP contribution in [0.3, 0.4) is 0 Å². The van der Waals surface area contributed by atoms with Crippen LogP contribution in [-0.2, 0) is 14.0 Å². The number of nitriles is 1. The summed E-state index contributed by atoms with van der Waals surface area (Å²) in [5.41, 5.74) is 6.36. The first kappa shape index (κ1) is 25.6. The van der Waals surface area contributed by atoms with E-state index in [0.717, 1.165) is 18.8 Å². The van der Waals surface area contributed by atoms with Gasteiger partial charge in [0, 0.05) is 38.3 Å². The van der Waals surface area contributed by atoms with Crippen LogP contribution in [0.1, 0.15) is 46.1 Å². The number of hydrogen-bond donors (Lipinski definition) is 1. The second-order valence-electron chi connectivity index (χ2n) is 10.9. The summed E-state index contributed by atoms with van der Waals surface area (Å²) in [7, 11) is -2.08. The predicted molar refractivity (Wildman–Crippen MR) is 131 cm³/mol. The molecular formula is C24H39N5O3Si. The van der Waals surface area contributed by atoms with Crippen molar-refractivity contribution < 1.29 is 14.0 Å². The molecule has 2 fully saturated rings. The van der Waals surface area contributed by atoms with Crippen LogP contribution in [0.2, 0.25) is 18.1 Å². The molecule has 0 bridgehead atoms. The van der Waals surface area contributed by atoms with Gasteiger partial charge in [0.15, 0.2) is 8.32 Å². The number of aromatic nitrogens is 1. The average Bonchev–Trinajstić information content (AvgIpc) is 3.11. The number of carbonyl (C=O) groups excluding carboxylic acids is 1. The fourth-order valence-electron chi connectivity index (χ4n) is 4.21. The van der Waals surface area contributed by atoms with Crippen molar-refractivity contribution in [3.05, 3.63) is 23.9 Å². The number of hydrogen-bond acceptors (Lipinski definition) is 7. The summed E-state index contributed by atoms with van der Waals surface area (Å²) < 4.78 is 12.7. The highest BCUT2D eigenvalue weighted by Crippen LogP contribution is 2.39. The summed E-state index contributed by atoms with van der Waals surface area (Å²) in [6.45, 7) is 15.6. The van der Waals surface area contributed by atoms with E-state index in [2.05, 4.69) is 49.8 Å². The van der Waals surface area contributed by atoms with E-state index in [4.69, 9.17) is 20.2 Å². The van der Waals surface area contributed by atoms with Gasteiger partial charge in [-0.05, 0) is 43.6 Å². The maximum Gasteiger partial charge on any atom is 0.252 e. The summed E-state index contributed by atoms with van der Waals surface area (Å²) in [6, 6.07) is 5.72. The Morgan fingerprint density at radius 1 is 1.30 bits per heavy atom. The molecule has 0 aliphatic carbocycles. The van der Waals surface area contributed by atoms with Crippen molar-refractivity contribution in [3.8, 4) is 6.07 Å². The standard InChI is InChI=1S/C24H39N5O3Si/c1-17(26)16-31-20-10-12-29(23(20)30)19-9-11-28(22-8-7-18(13-25)14-27-22)15-21(19)32-33(5,6)24(2,3)4/h7-8,14,17,19-21H,9-12,15-16,26H2,1-6H3/t17-,19+,20+,21?/m0/s1. The van der Waals surface area contributed by atoms with Gasteiger partial charge in [-0.15, -0.1) is 0 Å². The number of nitrogens with zero attached hydrogens (tertiary/aromatic N) is 4. The lowest BCUT2D eigenvalue weighted by Gasteiger charge is -2.48. The highest BCUT2D eigenvalue weighted by Gasteiger charge is 2.46. The molecule has 1 aromatic rings. The minimum atomic E-state index is -2.08. The SMILES string of the molecule is C[C@H](N)CO[C@@H]1CCN([C@@H]2CCN(c3ccc(C#N)cn3)CC2O[Si](C)(C)C(C)(C)C)C1=O. The van der Waals surface area contributed by atoms with Crippen LogP contribution in [0.5, 0.6) is 0 Å². The normalized spacial score (nSPS) is 25.3. The number of carbonyl (C=O) groups is 1. The molecule has 2 N–H and O–H groups in total. The molecule has 1 amide bonds. The average molecular weight is 474 g/mol. The summed E-state index contributed by atoms with van der Waals surface area (Å²) in [5.74, 6) is 0.886. The van der Waals surface area contributed by atoms with Gasteiger partial charge in [-0.2, -0.15) is 5.26 Å². The maximum absolute atomic E-state index is 13.2. The van der Waals surface area contributed by atoms with Gasteiger partial charge >= 0.3 is 0 Å². The second-order valence-corrected chi connectivity index (χ2v) is 15.6. The largest absolute Gasteiger partial charge is 0.410 e. The Bertz CT molecular complexity index is 862. The third-order valence-corrected chi connectivity index (χ3v) is 11.6. The molecule has 0 saturated carbocycles. The number of anilines is 1. The zero-order valence-corrected chi connectivity index (χ0v) is 21.9. The molecule has 3 rings (SSSR count). The fourth-order valence-corrected chi connectivity index (χ4v) is 5.55. The van der Waals surface area contributed by atoms with Crippen molar-refractivity contribution in [3.63, 3.8) is 0 Å². The van der Waals surface area contributed by atoms with Crippen molar-refractivity contribution in [1.82, 2.24) is 9.88 Å². The summed E-state index contributed by atoms with van der Waals surface area (Å²) >= 11 is 0. The Labute approximate surface area is 199 Å². The lowest BCUT2D eigenvalue weighted by molar-refractivity contribution is -0.141.